The van der Waals surface area contributed by atoms with Gasteiger partial charge >= 0.3 is 0 Å². The summed E-state index contributed by atoms with van der Waals surface area (Å²) in [6.07, 6.45) is 2.72. The Hall–Kier alpha value is -0.890. The Morgan fingerprint density at radius 2 is 2.50 bits per heavy atom. The minimum Gasteiger partial charge on any atom is -0.298 e. The largest absolute Gasteiger partial charge is 0.298 e. The van der Waals surface area contributed by atoms with Crippen molar-refractivity contribution in [1.82, 2.24) is 0 Å². The Labute approximate surface area is 64.0 Å². The molecule has 0 unspecified atom stereocenters. The molecule has 1 nitrogen and oxygen atoms in total. The summed E-state index contributed by atoms with van der Waals surface area (Å²) in [6, 6.07) is 1.98. The number of allylic oxidation sites excluding steroid dienone is 1. The predicted octanol–water partition coefficient (Wildman–Crippen LogP) is 2.35. The van der Waals surface area contributed by atoms with Crippen molar-refractivity contribution in [3.63, 3.8) is 0 Å². The molecular weight excluding hydrogens is 144 g/mol. The van der Waals surface area contributed by atoms with Gasteiger partial charge in [-0.1, -0.05) is 0 Å². The molecule has 0 atom stereocenters. The zero-order valence-electron chi connectivity index (χ0n) is 5.70. The summed E-state index contributed by atoms with van der Waals surface area (Å²) in [5.41, 5.74) is 1.87. The molecule has 1 aromatic heterocycles. The van der Waals surface area contributed by atoms with Gasteiger partial charge in [0, 0.05) is 0 Å². The van der Waals surface area contributed by atoms with Crippen LogP contribution in [-0.2, 0) is 4.79 Å². The highest BCUT2D eigenvalue weighted by molar-refractivity contribution is 7.08. The van der Waals surface area contributed by atoms with E-state index in [4.69, 9.17) is 0 Å². The maximum atomic E-state index is 10.2. The lowest BCUT2D eigenvalue weighted by Crippen LogP contribution is -1.73. The summed E-state index contributed by atoms with van der Waals surface area (Å²) < 4.78 is 0. The van der Waals surface area contributed by atoms with Crippen molar-refractivity contribution in [2.24, 2.45) is 0 Å². The first-order valence-electron chi connectivity index (χ1n) is 2.98. The highest BCUT2D eigenvalue weighted by Gasteiger charge is 1.87. The minimum atomic E-state index is 0.762. The van der Waals surface area contributed by atoms with E-state index < -0.39 is 0 Å². The molecule has 0 aliphatic carbocycles. The molecule has 0 saturated heterocycles. The Bertz CT molecular complexity index is 234. The molecule has 0 saturated carbocycles. The quantitative estimate of drug-likeness (QED) is 0.469. The van der Waals surface area contributed by atoms with E-state index in [9.17, 15) is 4.79 Å². The highest BCUT2D eigenvalue weighted by Crippen LogP contribution is 2.09. The number of rotatable bonds is 2. The second-order valence-corrected chi connectivity index (χ2v) is 2.84. The van der Waals surface area contributed by atoms with Crippen molar-refractivity contribution in [1.29, 1.82) is 0 Å². The lowest BCUT2D eigenvalue weighted by atomic mass is 10.2. The molecule has 0 spiro atoms. The van der Waals surface area contributed by atoms with Crippen LogP contribution in [0.1, 0.15) is 12.5 Å². The van der Waals surface area contributed by atoms with E-state index in [1.165, 1.54) is 0 Å². The molecule has 0 fully saturated rings. The van der Waals surface area contributed by atoms with Crippen LogP contribution in [0.5, 0.6) is 0 Å². The molecule has 0 aliphatic heterocycles. The second-order valence-electron chi connectivity index (χ2n) is 2.06. The van der Waals surface area contributed by atoms with Gasteiger partial charge in [-0.2, -0.15) is 11.3 Å². The van der Waals surface area contributed by atoms with Gasteiger partial charge in [-0.3, -0.25) is 4.79 Å². The lowest BCUT2D eigenvalue weighted by molar-refractivity contribution is -0.104. The average Bonchev–Trinajstić information content (AvgIpc) is 2.40. The van der Waals surface area contributed by atoms with Gasteiger partial charge < -0.3 is 0 Å². The van der Waals surface area contributed by atoms with E-state index in [1.54, 1.807) is 18.3 Å². The topological polar surface area (TPSA) is 17.1 Å². The summed E-state index contributed by atoms with van der Waals surface area (Å²) in [4.78, 5) is 10.2. The van der Waals surface area contributed by atoms with Gasteiger partial charge in [-0.15, -0.1) is 0 Å². The van der Waals surface area contributed by atoms with E-state index in [-0.39, 0.29) is 0 Å². The zero-order chi connectivity index (χ0) is 7.40. The highest BCUT2D eigenvalue weighted by atomic mass is 32.1. The first-order chi connectivity index (χ1) is 4.83. The molecule has 1 rings (SSSR count). The molecule has 10 heavy (non-hydrogen) atoms. The van der Waals surface area contributed by atoms with Crippen LogP contribution in [0.15, 0.2) is 22.4 Å². The van der Waals surface area contributed by atoms with Crippen LogP contribution >= 0.6 is 11.3 Å². The molecule has 52 valence electrons. The van der Waals surface area contributed by atoms with Crippen molar-refractivity contribution in [3.05, 3.63) is 28.0 Å². The van der Waals surface area contributed by atoms with Gasteiger partial charge in [0.15, 0.2) is 0 Å². The maximum Gasteiger partial charge on any atom is 0.145 e. The Kier molecular flexibility index (Phi) is 2.40. The van der Waals surface area contributed by atoms with Crippen LogP contribution < -0.4 is 0 Å². The van der Waals surface area contributed by atoms with Crippen LogP contribution in [0.25, 0.3) is 6.08 Å². The molecular formula is C8H8OS. The van der Waals surface area contributed by atoms with Crippen LogP contribution in [0.4, 0.5) is 0 Å². The molecule has 0 radical (unpaired) electrons. The number of carbonyl (C=O) groups is 1. The van der Waals surface area contributed by atoms with Gasteiger partial charge in [-0.25, -0.2) is 0 Å². The van der Waals surface area contributed by atoms with Gasteiger partial charge in [0.05, 0.1) is 0 Å². The molecule has 1 heterocycles. The van der Waals surface area contributed by atoms with E-state index in [0.29, 0.717) is 0 Å². The van der Waals surface area contributed by atoms with Gasteiger partial charge in [0.1, 0.15) is 6.29 Å². The summed E-state index contributed by atoms with van der Waals surface area (Å²) in [5.74, 6) is 0. The minimum absolute atomic E-state index is 0.762. The standard InChI is InChI=1S/C8H8OS/c1-7(5-9)4-8-2-3-10-6-8/h2-6H,1H3. The van der Waals surface area contributed by atoms with Gasteiger partial charge in [0.25, 0.3) is 0 Å². The molecule has 0 aliphatic rings. The third-order valence-corrected chi connectivity index (χ3v) is 1.82. The molecule has 1 aromatic rings. The number of hydrogen-bond acceptors (Lipinski definition) is 2. The Morgan fingerprint density at radius 1 is 1.70 bits per heavy atom. The Balaban J connectivity index is 2.80. The smallest absolute Gasteiger partial charge is 0.145 e. The first kappa shape index (κ1) is 7.22. The number of hydrogen-bond donors (Lipinski definition) is 0. The van der Waals surface area contributed by atoms with E-state index in [1.807, 2.05) is 22.9 Å². The van der Waals surface area contributed by atoms with Crippen molar-refractivity contribution < 1.29 is 4.79 Å². The molecule has 0 bridgehead atoms. The average molecular weight is 152 g/mol. The SMILES string of the molecule is CC(C=O)=Cc1ccsc1. The summed E-state index contributed by atoms with van der Waals surface area (Å²) in [5, 5.41) is 4.00. The molecule has 0 N–H and O–H groups in total. The van der Waals surface area contributed by atoms with E-state index in [0.717, 1.165) is 17.4 Å². The van der Waals surface area contributed by atoms with Gasteiger partial charge in [-0.05, 0) is 41.0 Å². The number of aldehydes is 1. The third-order valence-electron chi connectivity index (χ3n) is 1.12. The van der Waals surface area contributed by atoms with Crippen molar-refractivity contribution in [3.8, 4) is 0 Å². The Morgan fingerprint density at radius 3 is 3.00 bits per heavy atom. The molecule has 2 heteroatoms. The summed E-state index contributed by atoms with van der Waals surface area (Å²) in [7, 11) is 0. The maximum absolute atomic E-state index is 10.2. The fourth-order valence-corrected chi connectivity index (χ4v) is 1.27. The van der Waals surface area contributed by atoms with Crippen molar-refractivity contribution in [2.75, 3.05) is 0 Å². The normalized spacial score (nSPS) is 11.5. The van der Waals surface area contributed by atoms with Crippen LogP contribution in [0.3, 0.4) is 0 Å². The number of carbonyl (C=O) groups excluding carboxylic acids is 1. The number of thiophene rings is 1. The van der Waals surface area contributed by atoms with Gasteiger partial charge in [0.2, 0.25) is 0 Å². The van der Waals surface area contributed by atoms with Crippen LogP contribution in [-0.4, -0.2) is 6.29 Å². The summed E-state index contributed by atoms with van der Waals surface area (Å²) >= 11 is 1.63. The van der Waals surface area contributed by atoms with E-state index >= 15 is 0 Å². The second kappa shape index (κ2) is 3.32. The fraction of sp³-hybridized carbons (Fsp3) is 0.125. The monoisotopic (exact) mass is 152 g/mol. The van der Waals surface area contributed by atoms with Crippen molar-refractivity contribution >= 4 is 23.7 Å². The van der Waals surface area contributed by atoms with Crippen LogP contribution in [0, 0.1) is 0 Å². The predicted molar refractivity (Wildman–Crippen MR) is 44.0 cm³/mol. The molecule has 0 amide bonds. The first-order valence-corrected chi connectivity index (χ1v) is 3.93. The fourth-order valence-electron chi connectivity index (χ4n) is 0.654. The van der Waals surface area contributed by atoms with Crippen LogP contribution in [0.2, 0.25) is 0 Å². The molecule has 0 aromatic carbocycles. The zero-order valence-corrected chi connectivity index (χ0v) is 6.52. The van der Waals surface area contributed by atoms with Crippen molar-refractivity contribution in [2.45, 2.75) is 6.92 Å². The third kappa shape index (κ3) is 1.81. The summed E-state index contributed by atoms with van der Waals surface area (Å²) in [6.45, 7) is 1.80. The van der Waals surface area contributed by atoms with E-state index in [2.05, 4.69) is 0 Å². The lowest BCUT2D eigenvalue weighted by Gasteiger charge is -1.84.